The van der Waals surface area contributed by atoms with Crippen LogP contribution in [0, 0.1) is 13.8 Å². The van der Waals surface area contributed by atoms with Gasteiger partial charge in [-0.3, -0.25) is 14.1 Å². The van der Waals surface area contributed by atoms with Crippen LogP contribution in [0.15, 0.2) is 54.9 Å². The molecule has 0 bridgehead atoms. The number of rotatable bonds is 7. The fourth-order valence-electron chi connectivity index (χ4n) is 4.29. The topological polar surface area (TPSA) is 77.9 Å². The van der Waals surface area contributed by atoms with E-state index in [1.807, 2.05) is 44.2 Å². The summed E-state index contributed by atoms with van der Waals surface area (Å²) in [7, 11) is -3.39. The van der Waals surface area contributed by atoms with Crippen LogP contribution in [0.4, 0.5) is 0 Å². The largest absolute Gasteiger partial charge is 0.508 e. The number of aromatic hydroxyl groups is 1. The Morgan fingerprint density at radius 3 is 2.57 bits per heavy atom. The monoisotopic (exact) mass is 497 g/mol. The van der Waals surface area contributed by atoms with Crippen molar-refractivity contribution in [3.05, 3.63) is 88.2 Å². The fourth-order valence-corrected chi connectivity index (χ4v) is 5.79. The second-order valence-corrected chi connectivity index (χ2v) is 11.1. The normalized spacial score (nSPS) is 19.9. The van der Waals surface area contributed by atoms with Crippen LogP contribution < -0.4 is 4.74 Å². The predicted molar refractivity (Wildman–Crippen MR) is 139 cm³/mol. The maximum Gasteiger partial charge on any atom is 0.368 e. The molecule has 2 heterocycles. The van der Waals surface area contributed by atoms with E-state index < -0.39 is 7.60 Å². The van der Waals surface area contributed by atoms with Gasteiger partial charge in [0.2, 0.25) is 0 Å². The van der Waals surface area contributed by atoms with Crippen molar-refractivity contribution < 1.29 is 23.5 Å². The van der Waals surface area contributed by atoms with Gasteiger partial charge in [-0.05, 0) is 83.8 Å². The summed E-state index contributed by atoms with van der Waals surface area (Å²) in [5.74, 6) is 1.23. The molecule has 2 atom stereocenters. The molecule has 1 aliphatic heterocycles. The van der Waals surface area contributed by atoms with Crippen LogP contribution in [0.1, 0.15) is 73.1 Å². The van der Waals surface area contributed by atoms with Gasteiger partial charge in [0.15, 0.2) is 6.35 Å². The van der Waals surface area contributed by atoms with Crippen LogP contribution in [-0.2, 0) is 20.0 Å². The average Bonchev–Trinajstić information content (AvgIpc) is 2.81. The van der Waals surface area contributed by atoms with Gasteiger partial charge in [-0.1, -0.05) is 39.5 Å². The Kier molecular flexibility index (Phi) is 8.76. The van der Waals surface area contributed by atoms with E-state index in [4.69, 9.17) is 13.8 Å². The number of aromatic nitrogens is 1. The molecule has 0 aliphatic carbocycles. The first-order chi connectivity index (χ1) is 16.2. The number of hydrogen-bond donors (Lipinski definition) is 1. The highest BCUT2D eigenvalue weighted by Gasteiger charge is 2.35. The van der Waals surface area contributed by atoms with Gasteiger partial charge in [0.25, 0.3) is 0 Å². The van der Waals surface area contributed by atoms with Crippen molar-refractivity contribution in [2.75, 3.05) is 13.0 Å². The second-order valence-electron chi connectivity index (χ2n) is 9.15. The van der Waals surface area contributed by atoms with Gasteiger partial charge in [-0.15, -0.1) is 0 Å². The molecule has 1 aromatic heterocycles. The van der Waals surface area contributed by atoms with Crippen molar-refractivity contribution in [2.24, 2.45) is 0 Å². The quantitative estimate of drug-likeness (QED) is 0.341. The lowest BCUT2D eigenvalue weighted by atomic mass is 9.93. The molecular formula is C28H36NO5P. The van der Waals surface area contributed by atoms with Crippen LogP contribution in [0.2, 0.25) is 0 Å². The van der Waals surface area contributed by atoms with Crippen LogP contribution in [0.3, 0.4) is 0 Å². The summed E-state index contributed by atoms with van der Waals surface area (Å²) in [4.78, 5) is 4.12. The summed E-state index contributed by atoms with van der Waals surface area (Å²) in [5, 5.41) is 10.1. The minimum absolute atomic E-state index is 0. The van der Waals surface area contributed by atoms with Crippen LogP contribution >= 0.6 is 7.60 Å². The number of pyridine rings is 1. The number of phenolic OH excluding ortho intramolecular Hbond substituents is 1. The highest BCUT2D eigenvalue weighted by Crippen LogP contribution is 2.55. The summed E-state index contributed by atoms with van der Waals surface area (Å²) in [6.07, 6.45) is 4.35. The van der Waals surface area contributed by atoms with E-state index in [2.05, 4.69) is 24.9 Å². The maximum absolute atomic E-state index is 13.2. The molecule has 0 radical (unpaired) electrons. The predicted octanol–water partition coefficient (Wildman–Crippen LogP) is 7.46. The third-order valence-electron chi connectivity index (χ3n) is 6.17. The summed E-state index contributed by atoms with van der Waals surface area (Å²) in [5.41, 5.74) is 6.38. The number of nitrogens with zero attached hydrogens (tertiary/aromatic N) is 1. The second kappa shape index (κ2) is 11.4. The van der Waals surface area contributed by atoms with Crippen molar-refractivity contribution in [2.45, 2.75) is 60.0 Å². The summed E-state index contributed by atoms with van der Waals surface area (Å²) < 4.78 is 30.4. The van der Waals surface area contributed by atoms with Crippen molar-refractivity contribution in [3.63, 3.8) is 0 Å². The van der Waals surface area contributed by atoms with Crippen LogP contribution in [-0.4, -0.2) is 23.0 Å². The summed E-state index contributed by atoms with van der Waals surface area (Å²) in [6, 6.07) is 13.5. The Bertz CT molecular complexity index is 1170. The van der Waals surface area contributed by atoms with Gasteiger partial charge >= 0.3 is 7.60 Å². The van der Waals surface area contributed by atoms with Crippen molar-refractivity contribution in [3.8, 4) is 11.5 Å². The van der Waals surface area contributed by atoms with Gasteiger partial charge in [-0.25, -0.2) is 0 Å². The molecular weight excluding hydrogens is 461 g/mol. The lowest BCUT2D eigenvalue weighted by Gasteiger charge is -2.29. The Hall–Kier alpha value is -2.66. The molecule has 7 heteroatoms. The molecule has 188 valence electrons. The first-order valence-electron chi connectivity index (χ1n) is 11.6. The van der Waals surface area contributed by atoms with Gasteiger partial charge < -0.3 is 14.4 Å². The van der Waals surface area contributed by atoms with E-state index in [1.165, 1.54) is 5.56 Å². The molecule has 1 fully saturated rings. The molecule has 0 amide bonds. The smallest absolute Gasteiger partial charge is 0.368 e. The lowest BCUT2D eigenvalue weighted by Crippen LogP contribution is -2.17. The van der Waals surface area contributed by atoms with E-state index in [1.54, 1.807) is 18.5 Å². The molecule has 0 saturated carbocycles. The van der Waals surface area contributed by atoms with Gasteiger partial charge in [0.1, 0.15) is 11.5 Å². The Balaban J connectivity index is 0.00000342. The van der Waals surface area contributed by atoms with Crippen LogP contribution in [0.25, 0.3) is 0 Å². The zero-order valence-electron chi connectivity index (χ0n) is 20.2. The molecule has 6 nitrogen and oxygen atoms in total. The molecule has 1 N–H and O–H groups in total. The number of benzene rings is 2. The SMILES string of the molecule is C.Cc1cc(OC[P@@]2(=O)OCC[C@@H](c3cccnc3)O2)cc(C)c1Cc1ccc(O)c(C(C)C)c1. The first kappa shape index (κ1) is 26.9. The fraction of sp³-hybridized carbons (Fsp3) is 0.393. The Morgan fingerprint density at radius 1 is 1.17 bits per heavy atom. The van der Waals surface area contributed by atoms with Crippen molar-refractivity contribution in [1.29, 1.82) is 0 Å². The van der Waals surface area contributed by atoms with Gasteiger partial charge in [0, 0.05) is 18.8 Å². The molecule has 1 aliphatic rings. The molecule has 4 rings (SSSR count). The van der Waals surface area contributed by atoms with Crippen LogP contribution in [0.5, 0.6) is 11.5 Å². The standard InChI is InChI=1S/C27H32NO5P.CH4/c1-18(2)24-14-21(7-8-26(24)29)15-25-19(3)12-23(13-20(25)4)31-17-34(30)32-11-9-27(33-34)22-6-5-10-28-16-22;/h5-8,10,12-14,16,18,27,29H,9,11,15,17H2,1-4H3;1H4/t27-,34+;/m0./s1. The Labute approximate surface area is 208 Å². The van der Waals surface area contributed by atoms with E-state index in [0.29, 0.717) is 24.5 Å². The third-order valence-corrected chi connectivity index (χ3v) is 7.76. The molecule has 0 unspecified atom stereocenters. The average molecular weight is 498 g/mol. The van der Waals surface area contributed by atoms with Crippen molar-refractivity contribution >= 4 is 7.60 Å². The van der Waals surface area contributed by atoms with E-state index in [-0.39, 0.29) is 25.8 Å². The van der Waals surface area contributed by atoms with E-state index in [0.717, 1.165) is 34.2 Å². The lowest BCUT2D eigenvalue weighted by molar-refractivity contribution is 0.0723. The number of ether oxygens (including phenoxy) is 1. The molecule has 0 spiro atoms. The number of hydrogen-bond acceptors (Lipinski definition) is 6. The first-order valence-corrected chi connectivity index (χ1v) is 13.3. The van der Waals surface area contributed by atoms with Gasteiger partial charge in [-0.2, -0.15) is 0 Å². The third kappa shape index (κ3) is 6.52. The molecule has 3 aromatic rings. The molecule has 35 heavy (non-hydrogen) atoms. The Morgan fingerprint density at radius 2 is 1.91 bits per heavy atom. The highest BCUT2D eigenvalue weighted by molar-refractivity contribution is 7.53. The van der Waals surface area contributed by atoms with Gasteiger partial charge in [0.05, 0.1) is 12.7 Å². The zero-order chi connectivity index (χ0) is 24.3. The van der Waals surface area contributed by atoms with E-state index >= 15 is 0 Å². The minimum Gasteiger partial charge on any atom is -0.508 e. The summed E-state index contributed by atoms with van der Waals surface area (Å²) >= 11 is 0. The molecule has 2 aromatic carbocycles. The summed E-state index contributed by atoms with van der Waals surface area (Å²) in [6.45, 7) is 8.60. The number of phenols is 1. The highest BCUT2D eigenvalue weighted by atomic mass is 31.2. The minimum atomic E-state index is -3.39. The molecule has 1 saturated heterocycles. The zero-order valence-corrected chi connectivity index (χ0v) is 21.0. The van der Waals surface area contributed by atoms with E-state index in [9.17, 15) is 9.67 Å². The number of aryl methyl sites for hydroxylation is 2. The maximum atomic E-state index is 13.2. The van der Waals surface area contributed by atoms with Crippen molar-refractivity contribution in [1.82, 2.24) is 4.98 Å².